The number of hydrogen-bond donors (Lipinski definition) is 0. The molecule has 0 spiro atoms. The van der Waals surface area contributed by atoms with Gasteiger partial charge in [0.15, 0.2) is 0 Å². The lowest BCUT2D eigenvalue weighted by molar-refractivity contribution is 0.0782. The van der Waals surface area contributed by atoms with Gasteiger partial charge in [-0.3, -0.25) is 4.79 Å². The standard InChI is InChI=1S/C20H16N4O3/c1-24(13-15-11-12-26-22-15)20(25)17-10-6-5-9-16(17)19-21-18(23-27-19)14-7-3-2-4-8-14/h2-12H,13H2,1H3. The molecule has 0 fully saturated rings. The Labute approximate surface area is 155 Å². The second-order valence-electron chi connectivity index (χ2n) is 5.99. The van der Waals surface area contributed by atoms with Gasteiger partial charge in [-0.15, -0.1) is 0 Å². The van der Waals surface area contributed by atoms with Gasteiger partial charge >= 0.3 is 0 Å². The third kappa shape index (κ3) is 3.48. The number of benzene rings is 2. The summed E-state index contributed by atoms with van der Waals surface area (Å²) in [5, 5.41) is 7.88. The minimum atomic E-state index is -0.173. The molecule has 0 atom stereocenters. The van der Waals surface area contributed by atoms with Crippen LogP contribution in [0.25, 0.3) is 22.8 Å². The Hall–Kier alpha value is -3.74. The van der Waals surface area contributed by atoms with Crippen LogP contribution >= 0.6 is 0 Å². The van der Waals surface area contributed by atoms with Crippen molar-refractivity contribution >= 4 is 5.91 Å². The van der Waals surface area contributed by atoms with E-state index in [1.807, 2.05) is 36.4 Å². The maximum Gasteiger partial charge on any atom is 0.259 e. The third-order valence-corrected chi connectivity index (χ3v) is 4.08. The summed E-state index contributed by atoms with van der Waals surface area (Å²) in [5.41, 5.74) is 2.59. The quantitative estimate of drug-likeness (QED) is 0.540. The Morgan fingerprint density at radius 3 is 2.56 bits per heavy atom. The summed E-state index contributed by atoms with van der Waals surface area (Å²) in [6, 6.07) is 18.4. The molecule has 134 valence electrons. The Balaban J connectivity index is 1.63. The van der Waals surface area contributed by atoms with Gasteiger partial charge in [0, 0.05) is 18.7 Å². The zero-order chi connectivity index (χ0) is 18.6. The van der Waals surface area contributed by atoms with E-state index >= 15 is 0 Å². The Morgan fingerprint density at radius 1 is 1.00 bits per heavy atom. The predicted molar refractivity (Wildman–Crippen MR) is 97.5 cm³/mol. The van der Waals surface area contributed by atoms with E-state index in [-0.39, 0.29) is 5.91 Å². The van der Waals surface area contributed by atoms with Gasteiger partial charge < -0.3 is 13.9 Å². The molecule has 0 N–H and O–H groups in total. The highest BCUT2D eigenvalue weighted by atomic mass is 16.5. The smallest absolute Gasteiger partial charge is 0.259 e. The maximum atomic E-state index is 12.9. The van der Waals surface area contributed by atoms with E-state index in [0.717, 1.165) is 5.56 Å². The van der Waals surface area contributed by atoms with Crippen molar-refractivity contribution in [3.05, 3.63) is 78.2 Å². The van der Waals surface area contributed by atoms with Crippen molar-refractivity contribution in [3.63, 3.8) is 0 Å². The third-order valence-electron chi connectivity index (χ3n) is 4.08. The Morgan fingerprint density at radius 2 is 1.78 bits per heavy atom. The van der Waals surface area contributed by atoms with Gasteiger partial charge in [0.25, 0.3) is 11.8 Å². The van der Waals surface area contributed by atoms with Gasteiger partial charge in [0.2, 0.25) is 5.82 Å². The fourth-order valence-electron chi connectivity index (χ4n) is 2.73. The number of carbonyl (C=O) groups excluding carboxylic acids is 1. The molecule has 0 aliphatic rings. The molecule has 2 heterocycles. The van der Waals surface area contributed by atoms with E-state index in [1.165, 1.54) is 6.26 Å². The molecule has 27 heavy (non-hydrogen) atoms. The number of nitrogens with zero attached hydrogens (tertiary/aromatic N) is 4. The molecule has 0 saturated carbocycles. The van der Waals surface area contributed by atoms with Crippen molar-refractivity contribution in [2.24, 2.45) is 0 Å². The summed E-state index contributed by atoms with van der Waals surface area (Å²) < 4.78 is 10.2. The van der Waals surface area contributed by atoms with Gasteiger partial charge in [-0.2, -0.15) is 4.98 Å². The van der Waals surface area contributed by atoms with Crippen LogP contribution in [0.5, 0.6) is 0 Å². The Bertz CT molecular complexity index is 1040. The van der Waals surface area contributed by atoms with E-state index < -0.39 is 0 Å². The molecule has 7 heteroatoms. The number of hydrogen-bond acceptors (Lipinski definition) is 6. The van der Waals surface area contributed by atoms with Crippen LogP contribution in [0.2, 0.25) is 0 Å². The van der Waals surface area contributed by atoms with Crippen molar-refractivity contribution in [2.75, 3.05) is 7.05 Å². The molecule has 0 saturated heterocycles. The number of aromatic nitrogens is 3. The molecule has 0 aliphatic carbocycles. The van der Waals surface area contributed by atoms with Gasteiger partial charge in [-0.25, -0.2) is 0 Å². The summed E-state index contributed by atoms with van der Waals surface area (Å²) in [6.45, 7) is 0.336. The lowest BCUT2D eigenvalue weighted by atomic mass is 10.1. The van der Waals surface area contributed by atoms with Crippen LogP contribution in [0.4, 0.5) is 0 Å². The van der Waals surface area contributed by atoms with Crippen LogP contribution in [0.1, 0.15) is 16.1 Å². The van der Waals surface area contributed by atoms with Crippen LogP contribution < -0.4 is 0 Å². The molecule has 0 bridgehead atoms. The average Bonchev–Trinajstić information content (AvgIpc) is 3.40. The average molecular weight is 360 g/mol. The predicted octanol–water partition coefficient (Wildman–Crippen LogP) is 3.66. The van der Waals surface area contributed by atoms with Crippen molar-refractivity contribution in [3.8, 4) is 22.8 Å². The molecule has 0 aliphatic heterocycles. The Kier molecular flexibility index (Phi) is 4.49. The highest BCUT2D eigenvalue weighted by molar-refractivity contribution is 5.99. The minimum Gasteiger partial charge on any atom is -0.364 e. The normalized spacial score (nSPS) is 10.7. The van der Waals surface area contributed by atoms with Crippen molar-refractivity contribution in [1.29, 1.82) is 0 Å². The second kappa shape index (κ2) is 7.25. The summed E-state index contributed by atoms with van der Waals surface area (Å²) in [7, 11) is 1.71. The molecule has 1 amide bonds. The first kappa shape index (κ1) is 16.7. The SMILES string of the molecule is CN(Cc1ccon1)C(=O)c1ccccc1-c1nc(-c2ccccc2)no1. The first-order chi connectivity index (χ1) is 13.2. The monoisotopic (exact) mass is 360 g/mol. The van der Waals surface area contributed by atoms with Gasteiger partial charge in [-0.05, 0) is 12.1 Å². The van der Waals surface area contributed by atoms with Crippen LogP contribution in [-0.4, -0.2) is 33.2 Å². The minimum absolute atomic E-state index is 0.173. The summed E-state index contributed by atoms with van der Waals surface area (Å²) in [5.74, 6) is 0.601. The van der Waals surface area contributed by atoms with Crippen molar-refractivity contribution in [2.45, 2.75) is 6.54 Å². The number of rotatable bonds is 5. The van der Waals surface area contributed by atoms with Crippen molar-refractivity contribution in [1.82, 2.24) is 20.2 Å². The fraction of sp³-hybridized carbons (Fsp3) is 0.100. The molecular weight excluding hydrogens is 344 g/mol. The molecule has 4 rings (SSSR count). The zero-order valence-electron chi connectivity index (χ0n) is 14.6. The molecule has 2 aromatic carbocycles. The van der Waals surface area contributed by atoms with Crippen LogP contribution in [0.15, 0.2) is 76.0 Å². The van der Waals surface area contributed by atoms with Crippen molar-refractivity contribution < 1.29 is 13.8 Å². The number of carbonyl (C=O) groups is 1. The second-order valence-corrected chi connectivity index (χ2v) is 5.99. The molecule has 2 aromatic heterocycles. The summed E-state index contributed by atoms with van der Waals surface area (Å²) in [4.78, 5) is 18.9. The molecule has 7 nitrogen and oxygen atoms in total. The summed E-state index contributed by atoms with van der Waals surface area (Å²) >= 11 is 0. The largest absolute Gasteiger partial charge is 0.364 e. The van der Waals surface area contributed by atoms with E-state index in [0.29, 0.717) is 35.1 Å². The van der Waals surface area contributed by atoms with E-state index in [1.54, 1.807) is 36.2 Å². The van der Waals surface area contributed by atoms with E-state index in [2.05, 4.69) is 15.3 Å². The first-order valence-electron chi connectivity index (χ1n) is 8.35. The van der Waals surface area contributed by atoms with E-state index in [4.69, 9.17) is 9.05 Å². The first-order valence-corrected chi connectivity index (χ1v) is 8.35. The highest BCUT2D eigenvalue weighted by Gasteiger charge is 2.21. The van der Waals surface area contributed by atoms with Crippen LogP contribution in [-0.2, 0) is 6.54 Å². The summed E-state index contributed by atoms with van der Waals surface area (Å²) in [6.07, 6.45) is 1.48. The lowest BCUT2D eigenvalue weighted by Crippen LogP contribution is -2.26. The fourth-order valence-corrected chi connectivity index (χ4v) is 2.73. The van der Waals surface area contributed by atoms with Crippen LogP contribution in [0, 0.1) is 0 Å². The van der Waals surface area contributed by atoms with E-state index in [9.17, 15) is 4.79 Å². The molecule has 0 radical (unpaired) electrons. The molecule has 4 aromatic rings. The van der Waals surface area contributed by atoms with Gasteiger partial charge in [0.05, 0.1) is 17.7 Å². The number of amides is 1. The molecular formula is C20H16N4O3. The zero-order valence-corrected chi connectivity index (χ0v) is 14.6. The highest BCUT2D eigenvalue weighted by Crippen LogP contribution is 2.26. The topological polar surface area (TPSA) is 85.3 Å². The maximum absolute atomic E-state index is 12.9. The lowest BCUT2D eigenvalue weighted by Gasteiger charge is -2.16. The van der Waals surface area contributed by atoms with Gasteiger partial charge in [-0.1, -0.05) is 52.8 Å². The molecule has 0 unspecified atom stereocenters. The van der Waals surface area contributed by atoms with Gasteiger partial charge in [0.1, 0.15) is 12.0 Å². The van der Waals surface area contributed by atoms with Crippen LogP contribution in [0.3, 0.4) is 0 Å².